The number of rotatable bonds is 1. The molecule has 0 bridgehead atoms. The van der Waals surface area contributed by atoms with E-state index in [9.17, 15) is 19.1 Å². The van der Waals surface area contributed by atoms with E-state index in [4.69, 9.17) is 0 Å². The molecule has 1 N–H and O–H groups in total. The number of nitrogens with zero attached hydrogens (tertiary/aromatic N) is 1. The highest BCUT2D eigenvalue weighted by atomic mass is 19.1. The third-order valence-electron chi connectivity index (χ3n) is 3.21. The number of hydrogen-bond acceptors (Lipinski definition) is 3. The predicted octanol–water partition coefficient (Wildman–Crippen LogP) is 2.64. The Bertz CT molecular complexity index is 755. The maximum absolute atomic E-state index is 13.8. The van der Waals surface area contributed by atoms with E-state index in [2.05, 4.69) is 0 Å². The molecule has 0 radical (unpaired) electrons. The Labute approximate surface area is 114 Å². The van der Waals surface area contributed by atoms with Crippen molar-refractivity contribution in [2.45, 2.75) is 6.92 Å². The number of phenolic OH excluding ortho intramolecular Hbond substituents is 1. The number of aryl methyl sites for hydroxylation is 1. The normalized spacial score (nSPS) is 13.8. The van der Waals surface area contributed by atoms with Crippen molar-refractivity contribution in [1.82, 2.24) is 0 Å². The van der Waals surface area contributed by atoms with Crippen LogP contribution in [0.15, 0.2) is 36.4 Å². The Balaban J connectivity index is 2.14. The maximum atomic E-state index is 13.8. The molecule has 2 amide bonds. The minimum atomic E-state index is -0.823. The van der Waals surface area contributed by atoms with E-state index < -0.39 is 17.6 Å². The van der Waals surface area contributed by atoms with E-state index in [1.165, 1.54) is 12.1 Å². The molecule has 0 saturated heterocycles. The van der Waals surface area contributed by atoms with E-state index in [0.717, 1.165) is 16.5 Å². The first-order valence-electron chi connectivity index (χ1n) is 5.97. The first kappa shape index (κ1) is 12.3. The largest absolute Gasteiger partial charge is 0.508 e. The maximum Gasteiger partial charge on any atom is 0.266 e. The molecule has 3 rings (SSSR count). The summed E-state index contributed by atoms with van der Waals surface area (Å²) in [7, 11) is 0. The van der Waals surface area contributed by atoms with Crippen molar-refractivity contribution in [2.24, 2.45) is 0 Å². The average molecular weight is 271 g/mol. The van der Waals surface area contributed by atoms with Crippen LogP contribution in [0.5, 0.6) is 5.75 Å². The van der Waals surface area contributed by atoms with Gasteiger partial charge in [0, 0.05) is 6.07 Å². The summed E-state index contributed by atoms with van der Waals surface area (Å²) >= 11 is 0. The molecule has 2 aromatic rings. The van der Waals surface area contributed by atoms with E-state index in [1.807, 2.05) is 6.92 Å². The number of halogens is 1. The lowest BCUT2D eigenvalue weighted by Gasteiger charge is -2.14. The highest BCUT2D eigenvalue weighted by molar-refractivity contribution is 6.34. The van der Waals surface area contributed by atoms with Crippen LogP contribution in [0.25, 0.3) is 0 Å². The van der Waals surface area contributed by atoms with Crippen molar-refractivity contribution in [2.75, 3.05) is 4.90 Å². The van der Waals surface area contributed by atoms with Gasteiger partial charge in [0.15, 0.2) is 5.82 Å². The van der Waals surface area contributed by atoms with Gasteiger partial charge in [0.05, 0.1) is 16.8 Å². The van der Waals surface area contributed by atoms with Crippen LogP contribution in [0, 0.1) is 12.7 Å². The van der Waals surface area contributed by atoms with Gasteiger partial charge in [-0.3, -0.25) is 9.59 Å². The SMILES string of the molecule is Cc1ccc2c(c1)C(=O)N(c1ccc(O)cc1F)C2=O. The molecular weight excluding hydrogens is 261 g/mol. The standard InChI is InChI=1S/C15H10FNO3/c1-8-2-4-10-11(6-8)15(20)17(14(10)19)13-5-3-9(18)7-12(13)16/h2-7,18H,1H3. The van der Waals surface area contributed by atoms with Crippen molar-refractivity contribution in [3.63, 3.8) is 0 Å². The van der Waals surface area contributed by atoms with Crippen LogP contribution >= 0.6 is 0 Å². The van der Waals surface area contributed by atoms with Crippen molar-refractivity contribution in [3.8, 4) is 5.75 Å². The summed E-state index contributed by atoms with van der Waals surface area (Å²) in [4.78, 5) is 25.3. The van der Waals surface area contributed by atoms with E-state index >= 15 is 0 Å². The van der Waals surface area contributed by atoms with Crippen LogP contribution in [-0.2, 0) is 0 Å². The number of amides is 2. The smallest absolute Gasteiger partial charge is 0.266 e. The molecule has 0 atom stereocenters. The minimum absolute atomic E-state index is 0.161. The van der Waals surface area contributed by atoms with Gasteiger partial charge in [-0.1, -0.05) is 11.6 Å². The zero-order valence-corrected chi connectivity index (χ0v) is 10.6. The second-order valence-corrected chi connectivity index (χ2v) is 4.63. The molecule has 1 aliphatic rings. The molecule has 100 valence electrons. The highest BCUT2D eigenvalue weighted by Crippen LogP contribution is 2.31. The van der Waals surface area contributed by atoms with Gasteiger partial charge in [-0.15, -0.1) is 0 Å². The summed E-state index contributed by atoms with van der Waals surface area (Å²) in [6.07, 6.45) is 0. The quantitative estimate of drug-likeness (QED) is 0.811. The summed E-state index contributed by atoms with van der Waals surface area (Å²) in [6, 6.07) is 8.19. The fourth-order valence-corrected chi connectivity index (χ4v) is 2.25. The Kier molecular flexibility index (Phi) is 2.57. The molecule has 1 heterocycles. The summed E-state index contributed by atoms with van der Waals surface area (Å²) < 4.78 is 13.8. The van der Waals surface area contributed by atoms with Gasteiger partial charge in [0.25, 0.3) is 11.8 Å². The van der Waals surface area contributed by atoms with Gasteiger partial charge in [-0.05, 0) is 31.2 Å². The Morgan fingerprint density at radius 1 is 1.00 bits per heavy atom. The molecule has 1 aliphatic heterocycles. The highest BCUT2D eigenvalue weighted by Gasteiger charge is 2.37. The van der Waals surface area contributed by atoms with E-state index in [1.54, 1.807) is 18.2 Å². The summed E-state index contributed by atoms with van der Waals surface area (Å²) in [6.45, 7) is 1.81. The number of anilines is 1. The van der Waals surface area contributed by atoms with E-state index in [0.29, 0.717) is 0 Å². The van der Waals surface area contributed by atoms with Crippen LogP contribution in [0.2, 0.25) is 0 Å². The Morgan fingerprint density at radius 3 is 2.40 bits per heavy atom. The first-order chi connectivity index (χ1) is 9.49. The molecule has 2 aromatic carbocycles. The number of benzene rings is 2. The lowest BCUT2D eigenvalue weighted by atomic mass is 10.1. The fraction of sp³-hybridized carbons (Fsp3) is 0.0667. The van der Waals surface area contributed by atoms with Crippen molar-refractivity contribution in [3.05, 3.63) is 58.9 Å². The molecule has 20 heavy (non-hydrogen) atoms. The average Bonchev–Trinajstić information content (AvgIpc) is 2.63. The number of fused-ring (bicyclic) bond motifs is 1. The van der Waals surface area contributed by atoms with Crippen molar-refractivity contribution < 1.29 is 19.1 Å². The van der Waals surface area contributed by atoms with Crippen molar-refractivity contribution >= 4 is 17.5 Å². The van der Waals surface area contributed by atoms with Gasteiger partial charge in [0.1, 0.15) is 5.75 Å². The number of imide groups is 1. The second-order valence-electron chi connectivity index (χ2n) is 4.63. The van der Waals surface area contributed by atoms with E-state index in [-0.39, 0.29) is 22.6 Å². The minimum Gasteiger partial charge on any atom is -0.508 e. The first-order valence-corrected chi connectivity index (χ1v) is 5.97. The van der Waals surface area contributed by atoms with Gasteiger partial charge in [-0.25, -0.2) is 9.29 Å². The number of carbonyl (C=O) groups is 2. The fourth-order valence-electron chi connectivity index (χ4n) is 2.25. The van der Waals surface area contributed by atoms with Gasteiger partial charge >= 0.3 is 0 Å². The molecule has 0 fully saturated rings. The van der Waals surface area contributed by atoms with Gasteiger partial charge in [0.2, 0.25) is 0 Å². The molecule has 4 nitrogen and oxygen atoms in total. The van der Waals surface area contributed by atoms with Crippen LogP contribution in [-0.4, -0.2) is 16.9 Å². The number of hydrogen-bond donors (Lipinski definition) is 1. The lowest BCUT2D eigenvalue weighted by molar-refractivity contribution is 0.0924. The molecule has 5 heteroatoms. The Morgan fingerprint density at radius 2 is 1.70 bits per heavy atom. The summed E-state index contributed by atoms with van der Waals surface area (Å²) in [5.74, 6) is -2.21. The monoisotopic (exact) mass is 271 g/mol. The predicted molar refractivity (Wildman–Crippen MR) is 70.4 cm³/mol. The second kappa shape index (κ2) is 4.16. The summed E-state index contributed by atoms with van der Waals surface area (Å²) in [5, 5.41) is 9.19. The molecule has 0 unspecified atom stereocenters. The van der Waals surface area contributed by atoms with Crippen LogP contribution in [0.3, 0.4) is 0 Å². The Hall–Kier alpha value is -2.69. The van der Waals surface area contributed by atoms with Crippen LogP contribution in [0.4, 0.5) is 10.1 Å². The van der Waals surface area contributed by atoms with Crippen molar-refractivity contribution in [1.29, 1.82) is 0 Å². The third kappa shape index (κ3) is 1.67. The zero-order valence-electron chi connectivity index (χ0n) is 10.6. The van der Waals surface area contributed by atoms with Gasteiger partial charge in [-0.2, -0.15) is 0 Å². The number of phenols is 1. The summed E-state index contributed by atoms with van der Waals surface area (Å²) in [5.41, 5.74) is 1.21. The number of carbonyl (C=O) groups excluding carboxylic acids is 2. The molecular formula is C15H10FNO3. The number of aromatic hydroxyl groups is 1. The van der Waals surface area contributed by atoms with Gasteiger partial charge < -0.3 is 5.11 Å². The third-order valence-corrected chi connectivity index (χ3v) is 3.21. The lowest BCUT2D eigenvalue weighted by Crippen LogP contribution is -2.30. The topological polar surface area (TPSA) is 57.6 Å². The molecule has 0 aliphatic carbocycles. The van der Waals surface area contributed by atoms with Crippen LogP contribution in [0.1, 0.15) is 26.3 Å². The molecule has 0 aromatic heterocycles. The molecule has 0 saturated carbocycles. The zero-order chi connectivity index (χ0) is 14.4. The van der Waals surface area contributed by atoms with Crippen LogP contribution < -0.4 is 4.90 Å². The molecule has 0 spiro atoms.